The normalized spacial score (nSPS) is 23.4. The van der Waals surface area contributed by atoms with Gasteiger partial charge in [-0.25, -0.2) is 0 Å². The SMILES string of the molecule is [N-]=[N+]=Nc1ccc(OCNC2C(N)C(N)C(NC(=O)c3ccc(N=[N+]=[N-])cc3)C(N)C(NC(=O)c3ccc(N=[N+]=[N-])cc3)C2N)cc1. The van der Waals surface area contributed by atoms with Crippen LogP contribution < -0.4 is 43.6 Å². The molecular weight excluding hydrogens is 608 g/mol. The van der Waals surface area contributed by atoms with Crippen LogP contribution in [0.15, 0.2) is 88.1 Å². The lowest BCUT2D eigenvalue weighted by atomic mass is 9.93. The number of carbonyl (C=O) groups excluding carboxylic acids is 2. The van der Waals surface area contributed by atoms with Crippen molar-refractivity contribution in [1.82, 2.24) is 16.0 Å². The third-order valence-corrected chi connectivity index (χ3v) is 7.66. The van der Waals surface area contributed by atoms with Crippen molar-refractivity contribution in [1.29, 1.82) is 0 Å². The summed E-state index contributed by atoms with van der Waals surface area (Å²) in [4.78, 5) is 34.9. The standard InChI is InChI=1S/C28H32N16O3/c29-20-21(30)25(37-27(45)14-1-5-16(6-2-14)39-42-33)23(32)26(38-28(46)15-3-7-17(8-4-15)40-43-34)22(31)24(20)36-13-47-19-11-9-18(10-12-19)41-44-35/h1-12,20-26,36H,13,29-32H2,(H,37,45)(H,38,46). The highest BCUT2D eigenvalue weighted by molar-refractivity contribution is 5.95. The highest BCUT2D eigenvalue weighted by Gasteiger charge is 2.47. The van der Waals surface area contributed by atoms with Crippen LogP contribution in [-0.2, 0) is 0 Å². The molecule has 19 heteroatoms. The summed E-state index contributed by atoms with van der Waals surface area (Å²) in [6, 6.07) is 11.7. The lowest BCUT2D eigenvalue weighted by Gasteiger charge is -2.35. The van der Waals surface area contributed by atoms with E-state index in [1.54, 1.807) is 24.3 Å². The number of ether oxygens (including phenoxy) is 1. The first-order chi connectivity index (χ1) is 22.7. The number of nitrogens with one attached hydrogen (secondary N) is 3. The van der Waals surface area contributed by atoms with Gasteiger partial charge in [-0.15, -0.1) is 0 Å². The van der Waals surface area contributed by atoms with E-state index in [0.29, 0.717) is 22.8 Å². The molecule has 1 fully saturated rings. The van der Waals surface area contributed by atoms with Gasteiger partial charge in [0, 0.05) is 73.1 Å². The summed E-state index contributed by atoms with van der Waals surface area (Å²) in [5.74, 6) is -0.616. The third kappa shape index (κ3) is 8.44. The maximum absolute atomic E-state index is 13.4. The van der Waals surface area contributed by atoms with Crippen LogP contribution in [0.3, 0.4) is 0 Å². The summed E-state index contributed by atoms with van der Waals surface area (Å²) in [5, 5.41) is 19.4. The Balaban J connectivity index is 1.58. The molecule has 1 aliphatic carbocycles. The van der Waals surface area contributed by atoms with Crippen LogP contribution >= 0.6 is 0 Å². The van der Waals surface area contributed by atoms with Crippen LogP contribution in [0.5, 0.6) is 5.75 Å². The van der Waals surface area contributed by atoms with Crippen molar-refractivity contribution in [2.75, 3.05) is 6.73 Å². The predicted molar refractivity (Wildman–Crippen MR) is 173 cm³/mol. The molecule has 11 N–H and O–H groups in total. The number of azide groups is 3. The lowest BCUT2D eigenvalue weighted by Crippen LogP contribution is -2.67. The zero-order valence-corrected chi connectivity index (χ0v) is 24.7. The fraction of sp³-hybridized carbons (Fsp3) is 0.286. The number of carbonyl (C=O) groups is 2. The lowest BCUT2D eigenvalue weighted by molar-refractivity contribution is 0.0902. The number of hydrogen-bond acceptors (Lipinski definition) is 11. The maximum Gasteiger partial charge on any atom is 0.251 e. The Hall–Kier alpha value is -5.87. The van der Waals surface area contributed by atoms with Gasteiger partial charge in [0.2, 0.25) is 0 Å². The summed E-state index contributed by atoms with van der Waals surface area (Å²) < 4.78 is 5.78. The van der Waals surface area contributed by atoms with Crippen LogP contribution in [0.2, 0.25) is 0 Å². The monoisotopic (exact) mass is 640 g/mol. The van der Waals surface area contributed by atoms with Crippen LogP contribution in [-0.4, -0.2) is 60.8 Å². The van der Waals surface area contributed by atoms with E-state index in [0.717, 1.165) is 0 Å². The molecule has 19 nitrogen and oxygen atoms in total. The minimum Gasteiger partial charge on any atom is -0.478 e. The van der Waals surface area contributed by atoms with Gasteiger partial charge in [0.05, 0.1) is 12.1 Å². The molecule has 3 aromatic rings. The fourth-order valence-corrected chi connectivity index (χ4v) is 5.17. The van der Waals surface area contributed by atoms with Crippen LogP contribution in [0.1, 0.15) is 20.7 Å². The van der Waals surface area contributed by atoms with E-state index in [-0.39, 0.29) is 17.9 Å². The third-order valence-electron chi connectivity index (χ3n) is 7.66. The fourth-order valence-electron chi connectivity index (χ4n) is 5.17. The molecule has 1 aliphatic rings. The first-order valence-electron chi connectivity index (χ1n) is 14.1. The Kier molecular flexibility index (Phi) is 11.5. The second-order valence-electron chi connectivity index (χ2n) is 10.5. The maximum atomic E-state index is 13.4. The summed E-state index contributed by atoms with van der Waals surface area (Å²) in [5.41, 5.74) is 54.2. The van der Waals surface area contributed by atoms with Gasteiger partial charge in [-0.3, -0.25) is 14.9 Å². The van der Waals surface area contributed by atoms with Crippen molar-refractivity contribution in [3.05, 3.63) is 115 Å². The molecule has 3 aromatic carbocycles. The molecule has 0 radical (unpaired) electrons. The van der Waals surface area contributed by atoms with Gasteiger partial charge in [0.25, 0.3) is 11.8 Å². The largest absolute Gasteiger partial charge is 0.478 e. The first kappa shape index (κ1) is 34.0. The number of benzene rings is 3. The zero-order chi connectivity index (χ0) is 33.9. The molecule has 7 unspecified atom stereocenters. The Bertz CT molecular complexity index is 1700. The summed E-state index contributed by atoms with van der Waals surface area (Å²) in [6.45, 7) is -0.0784. The zero-order valence-electron chi connectivity index (χ0n) is 24.7. The van der Waals surface area contributed by atoms with Crippen molar-refractivity contribution in [2.45, 2.75) is 42.3 Å². The summed E-state index contributed by atoms with van der Waals surface area (Å²) in [7, 11) is 0. The van der Waals surface area contributed by atoms with E-state index >= 15 is 0 Å². The minimum absolute atomic E-state index is 0.0784. The Morgan fingerprint density at radius 3 is 1.38 bits per heavy atom. The number of nitrogens with two attached hydrogens (primary N) is 4. The van der Waals surface area contributed by atoms with Crippen LogP contribution in [0.4, 0.5) is 17.1 Å². The van der Waals surface area contributed by atoms with Crippen molar-refractivity contribution >= 4 is 28.9 Å². The predicted octanol–water partition coefficient (Wildman–Crippen LogP) is 2.73. The van der Waals surface area contributed by atoms with E-state index in [1.807, 2.05) is 0 Å². The molecule has 0 aromatic heterocycles. The van der Waals surface area contributed by atoms with E-state index < -0.39 is 54.1 Å². The smallest absolute Gasteiger partial charge is 0.251 e. The van der Waals surface area contributed by atoms with Gasteiger partial charge in [-0.2, -0.15) is 0 Å². The molecule has 2 amide bonds. The Morgan fingerprint density at radius 2 is 0.957 bits per heavy atom. The van der Waals surface area contributed by atoms with Crippen molar-refractivity contribution < 1.29 is 14.3 Å². The molecule has 7 atom stereocenters. The highest BCUT2D eigenvalue weighted by Crippen LogP contribution is 2.22. The Morgan fingerprint density at radius 1 is 0.596 bits per heavy atom. The van der Waals surface area contributed by atoms with E-state index in [4.69, 9.17) is 44.3 Å². The van der Waals surface area contributed by atoms with Crippen molar-refractivity contribution in [3.8, 4) is 5.75 Å². The average molecular weight is 641 g/mol. The number of amides is 2. The van der Waals surface area contributed by atoms with Gasteiger partial charge in [0.15, 0.2) is 0 Å². The molecule has 0 heterocycles. The topological polar surface area (TPSA) is 330 Å². The first-order valence-corrected chi connectivity index (χ1v) is 14.1. The molecule has 0 bridgehead atoms. The van der Waals surface area contributed by atoms with Crippen molar-refractivity contribution in [3.63, 3.8) is 0 Å². The van der Waals surface area contributed by atoms with Crippen LogP contribution in [0, 0.1) is 0 Å². The number of rotatable bonds is 11. The summed E-state index contributed by atoms with van der Waals surface area (Å²) in [6.07, 6.45) is 0. The van der Waals surface area contributed by atoms with Gasteiger partial charge < -0.3 is 38.3 Å². The second-order valence-corrected chi connectivity index (χ2v) is 10.5. The number of nitrogens with zero attached hydrogens (tertiary/aromatic N) is 9. The van der Waals surface area contributed by atoms with Gasteiger partial charge >= 0.3 is 0 Å². The molecular formula is C28H32N16O3. The van der Waals surface area contributed by atoms with Crippen molar-refractivity contribution in [2.24, 2.45) is 38.3 Å². The quantitative estimate of drug-likeness (QED) is 0.0535. The van der Waals surface area contributed by atoms with E-state index in [1.165, 1.54) is 48.5 Å². The molecule has 1 saturated carbocycles. The molecule has 47 heavy (non-hydrogen) atoms. The average Bonchev–Trinajstić information content (AvgIpc) is 3.13. The molecule has 0 aliphatic heterocycles. The Labute approximate surface area is 267 Å². The number of hydrogen-bond donors (Lipinski definition) is 7. The highest BCUT2D eigenvalue weighted by atomic mass is 16.5. The second kappa shape index (κ2) is 15.9. The van der Waals surface area contributed by atoms with E-state index in [9.17, 15) is 9.59 Å². The van der Waals surface area contributed by atoms with Gasteiger partial charge in [-0.05, 0) is 65.1 Å². The van der Waals surface area contributed by atoms with Gasteiger partial charge in [-0.1, -0.05) is 39.6 Å². The summed E-state index contributed by atoms with van der Waals surface area (Å²) >= 11 is 0. The molecule has 4 rings (SSSR count). The molecule has 0 saturated heterocycles. The molecule has 0 spiro atoms. The van der Waals surface area contributed by atoms with Crippen LogP contribution in [0.25, 0.3) is 31.3 Å². The molecule has 242 valence electrons. The van der Waals surface area contributed by atoms with Gasteiger partial charge in [0.1, 0.15) is 12.5 Å². The van der Waals surface area contributed by atoms with E-state index in [2.05, 4.69) is 46.0 Å². The minimum atomic E-state index is -1.02.